The van der Waals surface area contributed by atoms with Gasteiger partial charge >= 0.3 is 0 Å². The highest BCUT2D eigenvalue weighted by atomic mass is 16.5. The summed E-state index contributed by atoms with van der Waals surface area (Å²) in [6, 6.07) is 0.0135. The molecular weight excluding hydrogens is 216 g/mol. The minimum absolute atomic E-state index is 0.0600. The lowest BCUT2D eigenvalue weighted by Gasteiger charge is -2.26. The molecule has 2 N–H and O–H groups in total. The Bertz CT molecular complexity index is 219. The Hall–Kier alpha value is -0.610. The average Bonchev–Trinajstić information content (AvgIpc) is 2.27. The van der Waals surface area contributed by atoms with Crippen LogP contribution in [0.4, 0.5) is 0 Å². The van der Waals surface area contributed by atoms with Crippen molar-refractivity contribution < 1.29 is 9.53 Å². The van der Waals surface area contributed by atoms with Gasteiger partial charge < -0.3 is 10.1 Å². The van der Waals surface area contributed by atoms with E-state index in [2.05, 4.69) is 31.4 Å². The molecule has 0 heterocycles. The van der Waals surface area contributed by atoms with Crippen molar-refractivity contribution in [3.63, 3.8) is 0 Å². The summed E-state index contributed by atoms with van der Waals surface area (Å²) in [5.74, 6) is 0.799. The number of methoxy groups -OCH3 is 1. The fourth-order valence-corrected chi connectivity index (χ4v) is 1.61. The highest BCUT2D eigenvalue weighted by Gasteiger charge is 2.23. The molecule has 0 saturated carbocycles. The monoisotopic (exact) mass is 244 g/mol. The standard InChI is InChI=1S/C13H28N2O2/c1-7-10(4)11(5)15-13(16)12(9(2)3)14-8-17-6/h9-12,14H,7-8H2,1-6H3,(H,15,16)/t10?,11-,12+/m1/s1. The molecule has 0 aromatic carbocycles. The zero-order valence-corrected chi connectivity index (χ0v) is 12.0. The highest BCUT2D eigenvalue weighted by Crippen LogP contribution is 2.08. The molecule has 3 atom stereocenters. The Morgan fingerprint density at radius 1 is 1.24 bits per heavy atom. The van der Waals surface area contributed by atoms with Gasteiger partial charge in [-0.25, -0.2) is 0 Å². The molecule has 17 heavy (non-hydrogen) atoms. The number of nitrogens with one attached hydrogen (secondary N) is 2. The van der Waals surface area contributed by atoms with Gasteiger partial charge in [0.1, 0.15) is 0 Å². The smallest absolute Gasteiger partial charge is 0.237 e. The first-order valence-corrected chi connectivity index (χ1v) is 6.46. The first-order chi connectivity index (χ1) is 7.93. The van der Waals surface area contributed by atoms with Gasteiger partial charge in [-0.3, -0.25) is 10.1 Å². The summed E-state index contributed by atoms with van der Waals surface area (Å²) < 4.78 is 4.96. The van der Waals surface area contributed by atoms with Crippen LogP contribution in [0.5, 0.6) is 0 Å². The number of ether oxygens (including phenoxy) is 1. The fraction of sp³-hybridized carbons (Fsp3) is 0.923. The van der Waals surface area contributed by atoms with Gasteiger partial charge in [-0.2, -0.15) is 0 Å². The van der Waals surface area contributed by atoms with E-state index in [9.17, 15) is 4.79 Å². The van der Waals surface area contributed by atoms with Crippen LogP contribution in [0.1, 0.15) is 41.0 Å². The molecule has 0 aromatic rings. The number of carbonyl (C=O) groups excluding carboxylic acids is 1. The Balaban J connectivity index is 4.31. The maximum atomic E-state index is 12.1. The summed E-state index contributed by atoms with van der Waals surface area (Å²) in [4.78, 5) is 12.1. The Morgan fingerprint density at radius 3 is 2.24 bits per heavy atom. The van der Waals surface area contributed by atoms with Gasteiger partial charge in [0.15, 0.2) is 0 Å². The number of hydrogen-bond acceptors (Lipinski definition) is 3. The molecule has 102 valence electrons. The Labute approximate surface area is 105 Å². The zero-order valence-electron chi connectivity index (χ0n) is 12.0. The summed E-state index contributed by atoms with van der Waals surface area (Å²) in [6.45, 7) is 10.8. The van der Waals surface area contributed by atoms with Gasteiger partial charge in [-0.15, -0.1) is 0 Å². The van der Waals surface area contributed by atoms with Crippen LogP contribution in [0.25, 0.3) is 0 Å². The second-order valence-corrected chi connectivity index (χ2v) is 5.04. The van der Waals surface area contributed by atoms with Gasteiger partial charge in [-0.05, 0) is 18.8 Å². The summed E-state index contributed by atoms with van der Waals surface area (Å²) in [7, 11) is 1.62. The average molecular weight is 244 g/mol. The highest BCUT2D eigenvalue weighted by molar-refractivity contribution is 5.82. The largest absolute Gasteiger partial charge is 0.370 e. The number of rotatable bonds is 8. The molecule has 0 aromatic heterocycles. The van der Waals surface area contributed by atoms with E-state index < -0.39 is 0 Å². The van der Waals surface area contributed by atoms with Crippen LogP contribution in [0.2, 0.25) is 0 Å². The number of amides is 1. The first kappa shape index (κ1) is 16.4. The van der Waals surface area contributed by atoms with Crippen LogP contribution < -0.4 is 10.6 Å². The molecule has 0 saturated heterocycles. The second kappa shape index (κ2) is 8.48. The van der Waals surface area contributed by atoms with Crippen LogP contribution in [0.15, 0.2) is 0 Å². The van der Waals surface area contributed by atoms with Crippen LogP contribution in [0.3, 0.4) is 0 Å². The number of carbonyl (C=O) groups is 1. The van der Waals surface area contributed by atoms with Gasteiger partial charge in [-0.1, -0.05) is 34.1 Å². The molecule has 0 fully saturated rings. The summed E-state index contributed by atoms with van der Waals surface area (Å²) in [5, 5.41) is 6.16. The van der Waals surface area contributed by atoms with Crippen molar-refractivity contribution in [1.29, 1.82) is 0 Å². The molecule has 0 radical (unpaired) electrons. The molecule has 4 nitrogen and oxygen atoms in total. The normalized spacial score (nSPS) is 16.6. The summed E-state index contributed by atoms with van der Waals surface area (Å²) in [6.07, 6.45) is 1.07. The van der Waals surface area contributed by atoms with E-state index in [-0.39, 0.29) is 23.9 Å². The van der Waals surface area contributed by atoms with Crippen molar-refractivity contribution in [3.8, 4) is 0 Å². The quantitative estimate of drug-likeness (QED) is 0.640. The molecule has 0 aliphatic carbocycles. The van der Waals surface area contributed by atoms with Crippen molar-refractivity contribution in [2.45, 2.75) is 53.1 Å². The second-order valence-electron chi connectivity index (χ2n) is 5.04. The van der Waals surface area contributed by atoms with E-state index in [0.29, 0.717) is 12.6 Å². The zero-order chi connectivity index (χ0) is 13.4. The third-order valence-corrected chi connectivity index (χ3v) is 3.26. The minimum atomic E-state index is -0.193. The molecule has 0 rings (SSSR count). The molecule has 4 heteroatoms. The first-order valence-electron chi connectivity index (χ1n) is 6.46. The summed E-state index contributed by atoms with van der Waals surface area (Å²) in [5.41, 5.74) is 0. The maximum absolute atomic E-state index is 12.1. The third-order valence-electron chi connectivity index (χ3n) is 3.26. The van der Waals surface area contributed by atoms with Crippen molar-refractivity contribution >= 4 is 5.91 Å². The van der Waals surface area contributed by atoms with Crippen molar-refractivity contribution in [2.24, 2.45) is 11.8 Å². The summed E-state index contributed by atoms with van der Waals surface area (Å²) >= 11 is 0. The predicted molar refractivity (Wildman–Crippen MR) is 70.7 cm³/mol. The Kier molecular flexibility index (Phi) is 8.17. The van der Waals surface area contributed by atoms with E-state index in [1.54, 1.807) is 7.11 Å². The Morgan fingerprint density at radius 2 is 1.82 bits per heavy atom. The molecule has 0 bridgehead atoms. The fourth-order valence-electron chi connectivity index (χ4n) is 1.61. The van der Waals surface area contributed by atoms with Crippen LogP contribution >= 0.6 is 0 Å². The molecular formula is C13H28N2O2. The van der Waals surface area contributed by atoms with Crippen molar-refractivity contribution in [2.75, 3.05) is 13.8 Å². The van der Waals surface area contributed by atoms with Gasteiger partial charge in [0.25, 0.3) is 0 Å². The third kappa shape index (κ3) is 6.03. The van der Waals surface area contributed by atoms with Crippen LogP contribution in [-0.2, 0) is 9.53 Å². The van der Waals surface area contributed by atoms with E-state index in [4.69, 9.17) is 4.74 Å². The van der Waals surface area contributed by atoms with Gasteiger partial charge in [0.05, 0.1) is 12.8 Å². The lowest BCUT2D eigenvalue weighted by atomic mass is 9.99. The van der Waals surface area contributed by atoms with E-state index in [0.717, 1.165) is 6.42 Å². The molecule has 0 spiro atoms. The van der Waals surface area contributed by atoms with E-state index in [1.807, 2.05) is 13.8 Å². The molecule has 1 unspecified atom stereocenters. The van der Waals surface area contributed by atoms with E-state index >= 15 is 0 Å². The number of hydrogen-bond donors (Lipinski definition) is 2. The predicted octanol–water partition coefficient (Wildman–Crippen LogP) is 1.76. The van der Waals surface area contributed by atoms with Gasteiger partial charge in [0, 0.05) is 13.2 Å². The lowest BCUT2D eigenvalue weighted by molar-refractivity contribution is -0.125. The maximum Gasteiger partial charge on any atom is 0.237 e. The lowest BCUT2D eigenvalue weighted by Crippen LogP contribution is -2.51. The molecule has 0 aliphatic rings. The van der Waals surface area contributed by atoms with Gasteiger partial charge in [0.2, 0.25) is 5.91 Å². The van der Waals surface area contributed by atoms with Crippen molar-refractivity contribution in [3.05, 3.63) is 0 Å². The van der Waals surface area contributed by atoms with E-state index in [1.165, 1.54) is 0 Å². The molecule has 1 amide bonds. The topological polar surface area (TPSA) is 50.4 Å². The molecule has 0 aliphatic heterocycles. The van der Waals surface area contributed by atoms with Crippen LogP contribution in [0, 0.1) is 11.8 Å². The SMILES string of the molecule is CCC(C)[C@@H](C)NC(=O)[C@@H](NCOC)C(C)C. The minimum Gasteiger partial charge on any atom is -0.370 e. The van der Waals surface area contributed by atoms with Crippen LogP contribution in [-0.4, -0.2) is 31.8 Å². The van der Waals surface area contributed by atoms with Crippen molar-refractivity contribution in [1.82, 2.24) is 10.6 Å².